The molecule has 0 saturated carbocycles. The number of nitrogens with one attached hydrogen (secondary N) is 1. The van der Waals surface area contributed by atoms with Gasteiger partial charge in [0.15, 0.2) is 5.13 Å². The number of pyridine rings is 1. The van der Waals surface area contributed by atoms with E-state index in [-0.39, 0.29) is 11.8 Å². The van der Waals surface area contributed by atoms with Crippen LogP contribution in [-0.2, 0) is 6.18 Å². The van der Waals surface area contributed by atoms with Crippen LogP contribution < -0.4 is 5.32 Å². The number of rotatable bonds is 5. The van der Waals surface area contributed by atoms with Crippen molar-refractivity contribution >= 4 is 28.1 Å². The smallest absolute Gasteiger partial charge is 0.338 e. The van der Waals surface area contributed by atoms with Gasteiger partial charge in [0.2, 0.25) is 0 Å². The molecule has 0 bridgehead atoms. The first-order valence-electron chi connectivity index (χ1n) is 12.0. The van der Waals surface area contributed by atoms with Gasteiger partial charge in [0.05, 0.1) is 17.0 Å². The van der Waals surface area contributed by atoms with Crippen LogP contribution in [0.3, 0.4) is 0 Å². The van der Waals surface area contributed by atoms with E-state index in [4.69, 9.17) is 4.98 Å². The minimum absolute atomic E-state index is 0.00282. The predicted molar refractivity (Wildman–Crippen MR) is 139 cm³/mol. The van der Waals surface area contributed by atoms with Crippen molar-refractivity contribution < 1.29 is 18.0 Å². The summed E-state index contributed by atoms with van der Waals surface area (Å²) in [5.74, 6) is -0.0549. The summed E-state index contributed by atoms with van der Waals surface area (Å²) in [6, 6.07) is 18.0. The number of benzene rings is 2. The Kier molecular flexibility index (Phi) is 6.97. The second-order valence-corrected chi connectivity index (χ2v) is 9.97. The highest BCUT2D eigenvalue weighted by Crippen LogP contribution is 2.33. The number of carbonyl (C=O) groups excluding carboxylic acids is 1. The number of nitrogens with zero attached hydrogens (tertiary/aromatic N) is 3. The number of aryl methyl sites for hydroxylation is 1. The lowest BCUT2D eigenvalue weighted by Crippen LogP contribution is -2.39. The van der Waals surface area contributed by atoms with E-state index < -0.39 is 11.7 Å². The van der Waals surface area contributed by atoms with Gasteiger partial charge < -0.3 is 10.2 Å². The Balaban J connectivity index is 1.32. The summed E-state index contributed by atoms with van der Waals surface area (Å²) in [6.07, 6.45) is -2.74. The van der Waals surface area contributed by atoms with Crippen LogP contribution in [0, 0.1) is 6.92 Å². The number of likely N-dealkylation sites (tertiary alicyclic amines) is 1. The monoisotopic (exact) mass is 522 g/mol. The van der Waals surface area contributed by atoms with Crippen LogP contribution in [0.1, 0.15) is 46.1 Å². The molecule has 3 heterocycles. The Labute approximate surface area is 217 Å². The normalized spacial score (nSPS) is 16.0. The SMILES string of the molecule is Cc1csc(Nc2cccc(C(=O)N3CCCC(c4cccc(-c5cccc(C(F)(F)F)c5)n4)C3)c2)n1. The van der Waals surface area contributed by atoms with Gasteiger partial charge in [-0.3, -0.25) is 9.78 Å². The number of thiazole rings is 1. The largest absolute Gasteiger partial charge is 0.416 e. The molecule has 190 valence electrons. The average Bonchev–Trinajstić information content (AvgIpc) is 3.32. The molecule has 5 nitrogen and oxygen atoms in total. The van der Waals surface area contributed by atoms with Crippen molar-refractivity contribution in [2.24, 2.45) is 0 Å². The van der Waals surface area contributed by atoms with Crippen molar-refractivity contribution in [3.05, 3.63) is 94.6 Å². The molecular weight excluding hydrogens is 497 g/mol. The second kappa shape index (κ2) is 10.3. The van der Waals surface area contributed by atoms with Crippen molar-refractivity contribution in [3.8, 4) is 11.3 Å². The molecule has 0 radical (unpaired) electrons. The molecule has 5 rings (SSSR count). The Morgan fingerprint density at radius 2 is 1.86 bits per heavy atom. The quantitative estimate of drug-likeness (QED) is 0.299. The summed E-state index contributed by atoms with van der Waals surface area (Å²) in [5.41, 5.74) is 3.30. The fraction of sp³-hybridized carbons (Fsp3) is 0.250. The first-order valence-corrected chi connectivity index (χ1v) is 12.9. The van der Waals surface area contributed by atoms with Crippen LogP contribution in [0.2, 0.25) is 0 Å². The van der Waals surface area contributed by atoms with Crippen molar-refractivity contribution in [1.82, 2.24) is 14.9 Å². The molecule has 1 amide bonds. The molecule has 2 aromatic heterocycles. The molecule has 1 fully saturated rings. The van der Waals surface area contributed by atoms with Gasteiger partial charge in [-0.15, -0.1) is 11.3 Å². The van der Waals surface area contributed by atoms with E-state index in [9.17, 15) is 18.0 Å². The number of anilines is 2. The Morgan fingerprint density at radius 3 is 2.65 bits per heavy atom. The molecule has 4 aromatic rings. The minimum atomic E-state index is -4.41. The first-order chi connectivity index (χ1) is 17.8. The van der Waals surface area contributed by atoms with Crippen molar-refractivity contribution in [2.75, 3.05) is 18.4 Å². The van der Waals surface area contributed by atoms with E-state index in [1.165, 1.54) is 17.4 Å². The van der Waals surface area contributed by atoms with Crippen molar-refractivity contribution in [3.63, 3.8) is 0 Å². The standard InChI is InChI=1S/C28H25F3N4OS/c1-18-17-37-27(32-18)33-23-10-3-7-20(15-23)26(36)35-13-5-8-21(16-35)25-12-4-11-24(34-25)19-6-2-9-22(14-19)28(29,30)31/h2-4,6-7,9-12,14-15,17,21H,5,8,13,16H2,1H3,(H,32,33). The molecule has 2 aromatic carbocycles. The zero-order chi connectivity index (χ0) is 26.0. The number of hydrogen-bond donors (Lipinski definition) is 1. The summed E-state index contributed by atoms with van der Waals surface area (Å²) >= 11 is 1.51. The number of aromatic nitrogens is 2. The van der Waals surface area contributed by atoms with Gasteiger partial charge in [-0.05, 0) is 62.2 Å². The first kappa shape index (κ1) is 25.0. The third-order valence-corrected chi connectivity index (χ3v) is 7.24. The number of amides is 1. The van der Waals surface area contributed by atoms with Gasteiger partial charge in [0, 0.05) is 46.9 Å². The van der Waals surface area contributed by atoms with Gasteiger partial charge in [-0.25, -0.2) is 4.98 Å². The van der Waals surface area contributed by atoms with Crippen LogP contribution >= 0.6 is 11.3 Å². The zero-order valence-electron chi connectivity index (χ0n) is 20.1. The molecule has 1 unspecified atom stereocenters. The maximum atomic E-state index is 13.4. The molecule has 1 atom stereocenters. The molecule has 1 aliphatic rings. The summed E-state index contributed by atoms with van der Waals surface area (Å²) in [7, 11) is 0. The topological polar surface area (TPSA) is 58.1 Å². The molecule has 0 aliphatic carbocycles. The number of hydrogen-bond acceptors (Lipinski definition) is 5. The number of halogens is 3. The van der Waals surface area contributed by atoms with Gasteiger partial charge in [-0.2, -0.15) is 13.2 Å². The highest BCUT2D eigenvalue weighted by molar-refractivity contribution is 7.13. The van der Waals surface area contributed by atoms with E-state index >= 15 is 0 Å². The van der Waals surface area contributed by atoms with Crippen LogP contribution in [0.4, 0.5) is 24.0 Å². The summed E-state index contributed by atoms with van der Waals surface area (Å²) in [4.78, 5) is 24.3. The Morgan fingerprint density at radius 1 is 1.05 bits per heavy atom. The molecule has 9 heteroatoms. The zero-order valence-corrected chi connectivity index (χ0v) is 20.9. The number of alkyl halides is 3. The van der Waals surface area contributed by atoms with E-state index in [0.717, 1.165) is 47.2 Å². The minimum Gasteiger partial charge on any atom is -0.338 e. The lowest BCUT2D eigenvalue weighted by Gasteiger charge is -2.33. The van der Waals surface area contributed by atoms with E-state index in [0.29, 0.717) is 29.9 Å². The molecule has 1 saturated heterocycles. The van der Waals surface area contributed by atoms with Crippen LogP contribution in [0.25, 0.3) is 11.3 Å². The average molecular weight is 523 g/mol. The third kappa shape index (κ3) is 5.83. The molecular formula is C28H25F3N4OS. The molecule has 1 aliphatic heterocycles. The maximum absolute atomic E-state index is 13.4. The fourth-order valence-corrected chi connectivity index (χ4v) is 5.25. The molecule has 1 N–H and O–H groups in total. The highest BCUT2D eigenvalue weighted by Gasteiger charge is 2.31. The van der Waals surface area contributed by atoms with E-state index in [1.807, 2.05) is 47.5 Å². The van der Waals surface area contributed by atoms with Crippen LogP contribution in [0.5, 0.6) is 0 Å². The predicted octanol–water partition coefficient (Wildman–Crippen LogP) is 7.30. The summed E-state index contributed by atoms with van der Waals surface area (Å²) in [5, 5.41) is 5.98. The summed E-state index contributed by atoms with van der Waals surface area (Å²) < 4.78 is 39.5. The molecule has 0 spiro atoms. The Hall–Kier alpha value is -3.72. The second-order valence-electron chi connectivity index (χ2n) is 9.12. The van der Waals surface area contributed by atoms with Gasteiger partial charge in [0.1, 0.15) is 0 Å². The van der Waals surface area contributed by atoms with Crippen LogP contribution in [0.15, 0.2) is 72.1 Å². The van der Waals surface area contributed by atoms with Crippen LogP contribution in [-0.4, -0.2) is 33.9 Å². The lowest BCUT2D eigenvalue weighted by molar-refractivity contribution is -0.137. The summed E-state index contributed by atoms with van der Waals surface area (Å²) in [6.45, 7) is 3.08. The van der Waals surface area contributed by atoms with E-state index in [1.54, 1.807) is 18.2 Å². The third-order valence-electron chi connectivity index (χ3n) is 6.36. The van der Waals surface area contributed by atoms with Gasteiger partial charge in [0.25, 0.3) is 5.91 Å². The fourth-order valence-electron chi connectivity index (χ4n) is 4.54. The highest BCUT2D eigenvalue weighted by atomic mass is 32.1. The van der Waals surface area contributed by atoms with Gasteiger partial charge in [-0.1, -0.05) is 24.3 Å². The Bertz CT molecular complexity index is 1420. The van der Waals surface area contributed by atoms with E-state index in [2.05, 4.69) is 10.3 Å². The maximum Gasteiger partial charge on any atom is 0.416 e. The molecule has 37 heavy (non-hydrogen) atoms. The number of carbonyl (C=O) groups is 1. The van der Waals surface area contributed by atoms with Gasteiger partial charge >= 0.3 is 6.18 Å². The lowest BCUT2D eigenvalue weighted by atomic mass is 9.93. The van der Waals surface area contributed by atoms with Crippen molar-refractivity contribution in [2.45, 2.75) is 31.9 Å². The van der Waals surface area contributed by atoms with Crippen molar-refractivity contribution in [1.29, 1.82) is 0 Å². The number of piperidine rings is 1.